The summed E-state index contributed by atoms with van der Waals surface area (Å²) >= 11 is 0. The molecule has 0 rings (SSSR count). The van der Waals surface area contributed by atoms with Crippen molar-refractivity contribution < 1.29 is 14.5 Å². The van der Waals surface area contributed by atoms with Gasteiger partial charge in [-0.3, -0.25) is 14.5 Å². The second-order valence-corrected chi connectivity index (χ2v) is 1.21. The molecule has 8 heavy (non-hydrogen) atoms. The minimum atomic E-state index is -1.13. The molecular weight excluding hydrogens is 112 g/mol. The number of ketones is 1. The smallest absolute Gasteiger partial charge is 0.253 e. The average Bonchev–Trinajstić information content (AvgIpc) is 1.69. The van der Waals surface area contributed by atoms with Crippen LogP contribution < -0.4 is 11.8 Å². The monoisotopic (exact) mass is 120 g/mol. The molecule has 0 atom stereocenters. The quantitative estimate of drug-likeness (QED) is 0.356. The van der Waals surface area contributed by atoms with Crippen LogP contribution in [0.3, 0.4) is 0 Å². The van der Waals surface area contributed by atoms with E-state index in [1.54, 1.807) is 0 Å². The van der Waals surface area contributed by atoms with Gasteiger partial charge in [0, 0.05) is 0 Å². The van der Waals surface area contributed by atoms with Crippen LogP contribution in [0.4, 0.5) is 0 Å². The van der Waals surface area contributed by atoms with Gasteiger partial charge in [-0.05, 0) is 6.92 Å². The Kier molecular flexibility index (Phi) is 3.29. The van der Waals surface area contributed by atoms with E-state index in [0.717, 1.165) is 0 Å². The number of hydrogen-bond acceptors (Lipinski definition) is 5. The third-order valence-corrected chi connectivity index (χ3v) is 0.579. The molecule has 0 radical (unpaired) electrons. The van der Waals surface area contributed by atoms with Gasteiger partial charge in [-0.2, -0.15) is 0 Å². The number of carbonyl (C=O) groups is 1. The first kappa shape index (κ1) is 7.51. The van der Waals surface area contributed by atoms with Gasteiger partial charge >= 0.3 is 0 Å². The molecule has 0 bridgehead atoms. The molecule has 0 aromatic heterocycles. The van der Waals surface area contributed by atoms with E-state index in [1.165, 1.54) is 6.92 Å². The van der Waals surface area contributed by atoms with Crippen LogP contribution in [-0.4, -0.2) is 12.1 Å². The van der Waals surface area contributed by atoms with Crippen molar-refractivity contribution in [1.82, 2.24) is 0 Å². The molecule has 0 aromatic rings. The maximum Gasteiger partial charge on any atom is 0.253 e. The topological polar surface area (TPSA) is 87.6 Å². The molecule has 0 heterocycles. The number of nitrogens with two attached hydrogens (primary N) is 2. The van der Waals surface area contributed by atoms with E-state index in [1.807, 2.05) is 0 Å². The predicted octanol–water partition coefficient (Wildman–Crippen LogP) is -1.32. The van der Waals surface area contributed by atoms with Gasteiger partial charge in [-0.25, -0.2) is 11.8 Å². The third-order valence-electron chi connectivity index (χ3n) is 0.579. The second-order valence-electron chi connectivity index (χ2n) is 1.21. The van der Waals surface area contributed by atoms with Gasteiger partial charge in [0.1, 0.15) is 0 Å². The first-order valence-electron chi connectivity index (χ1n) is 1.94. The van der Waals surface area contributed by atoms with Crippen molar-refractivity contribution in [3.8, 4) is 0 Å². The molecule has 0 spiro atoms. The summed E-state index contributed by atoms with van der Waals surface area (Å²) < 4.78 is 0. The van der Waals surface area contributed by atoms with Crippen molar-refractivity contribution in [1.29, 1.82) is 0 Å². The predicted molar refractivity (Wildman–Crippen MR) is 25.0 cm³/mol. The molecule has 0 aromatic carbocycles. The fraction of sp³-hybridized carbons (Fsp3) is 0.667. The molecule has 0 unspecified atom stereocenters. The zero-order valence-corrected chi connectivity index (χ0v) is 4.46. The van der Waals surface area contributed by atoms with Crippen molar-refractivity contribution in [2.24, 2.45) is 11.8 Å². The summed E-state index contributed by atoms with van der Waals surface area (Å²) in [6.45, 7) is 1.25. The van der Waals surface area contributed by atoms with Crippen LogP contribution in [0.15, 0.2) is 0 Å². The van der Waals surface area contributed by atoms with E-state index in [-0.39, 0.29) is 5.78 Å². The Hall–Kier alpha value is -0.490. The van der Waals surface area contributed by atoms with Crippen LogP contribution in [0.5, 0.6) is 0 Å². The summed E-state index contributed by atoms with van der Waals surface area (Å²) in [6, 6.07) is 0. The standard InChI is InChI=1S/C3H8N2O3/c1-2(6)3(7-4)8-5/h3H,4-5H2,1H3. The highest BCUT2D eigenvalue weighted by Crippen LogP contribution is 1.85. The molecule has 0 aliphatic heterocycles. The van der Waals surface area contributed by atoms with Crippen molar-refractivity contribution in [2.45, 2.75) is 13.2 Å². The Bertz CT molecular complexity index is 80.6. The van der Waals surface area contributed by atoms with Crippen LogP contribution >= 0.6 is 0 Å². The summed E-state index contributed by atoms with van der Waals surface area (Å²) in [5.74, 6) is 8.75. The first-order valence-corrected chi connectivity index (χ1v) is 1.94. The van der Waals surface area contributed by atoms with Gasteiger partial charge in [0.2, 0.25) is 0 Å². The minimum absolute atomic E-state index is 0.366. The molecule has 48 valence electrons. The summed E-state index contributed by atoms with van der Waals surface area (Å²) in [7, 11) is 0. The van der Waals surface area contributed by atoms with Gasteiger partial charge in [0.05, 0.1) is 0 Å². The zero-order valence-electron chi connectivity index (χ0n) is 4.46. The molecule has 5 heteroatoms. The highest BCUT2D eigenvalue weighted by atomic mass is 16.8. The van der Waals surface area contributed by atoms with Crippen LogP contribution in [-0.2, 0) is 14.5 Å². The number of Topliss-reactive ketones (excluding diaryl/α,β-unsaturated/α-hetero) is 1. The van der Waals surface area contributed by atoms with Gasteiger partial charge in [-0.15, -0.1) is 0 Å². The molecule has 4 N–H and O–H groups in total. The molecule has 0 amide bonds. The Morgan fingerprint density at radius 3 is 1.88 bits per heavy atom. The lowest BCUT2D eigenvalue weighted by Gasteiger charge is -2.05. The molecule has 0 aliphatic rings. The Morgan fingerprint density at radius 2 is 1.88 bits per heavy atom. The SMILES string of the molecule is CC(=O)C(ON)ON. The number of hydrogen-bond donors (Lipinski definition) is 2. The number of carbonyl (C=O) groups excluding carboxylic acids is 1. The Morgan fingerprint density at radius 1 is 1.50 bits per heavy atom. The maximum atomic E-state index is 10.2. The zero-order chi connectivity index (χ0) is 6.57. The maximum absolute atomic E-state index is 10.2. The van der Waals surface area contributed by atoms with E-state index in [0.29, 0.717) is 0 Å². The average molecular weight is 120 g/mol. The normalized spacial score (nSPS) is 10.0. The number of rotatable bonds is 3. The van der Waals surface area contributed by atoms with Gasteiger partial charge in [0.15, 0.2) is 5.78 Å². The van der Waals surface area contributed by atoms with E-state index in [9.17, 15) is 4.79 Å². The third kappa shape index (κ3) is 1.99. The van der Waals surface area contributed by atoms with E-state index < -0.39 is 6.29 Å². The fourth-order valence-corrected chi connectivity index (χ4v) is 0.224. The van der Waals surface area contributed by atoms with Crippen LogP contribution in [0.1, 0.15) is 6.92 Å². The molecule has 0 fully saturated rings. The van der Waals surface area contributed by atoms with Gasteiger partial charge < -0.3 is 0 Å². The first-order chi connectivity index (χ1) is 3.72. The molecule has 0 saturated heterocycles. The lowest BCUT2D eigenvalue weighted by atomic mass is 10.4. The fourth-order valence-electron chi connectivity index (χ4n) is 0.224. The lowest BCUT2D eigenvalue weighted by Crippen LogP contribution is -2.30. The van der Waals surface area contributed by atoms with E-state index in [2.05, 4.69) is 21.5 Å². The van der Waals surface area contributed by atoms with Crippen LogP contribution in [0.25, 0.3) is 0 Å². The highest BCUT2D eigenvalue weighted by Gasteiger charge is 2.10. The summed E-state index contributed by atoms with van der Waals surface area (Å²) in [6.07, 6.45) is -1.13. The van der Waals surface area contributed by atoms with Crippen LogP contribution in [0.2, 0.25) is 0 Å². The van der Waals surface area contributed by atoms with Crippen molar-refractivity contribution in [3.05, 3.63) is 0 Å². The highest BCUT2D eigenvalue weighted by molar-refractivity contribution is 5.78. The van der Waals surface area contributed by atoms with Crippen molar-refractivity contribution in [3.63, 3.8) is 0 Å². The largest absolute Gasteiger partial charge is 0.294 e. The molecule has 5 nitrogen and oxygen atoms in total. The Balaban J connectivity index is 3.52. The lowest BCUT2D eigenvalue weighted by molar-refractivity contribution is -0.170. The molecule has 0 aliphatic carbocycles. The van der Waals surface area contributed by atoms with E-state index >= 15 is 0 Å². The minimum Gasteiger partial charge on any atom is -0.294 e. The van der Waals surface area contributed by atoms with Gasteiger partial charge in [0.25, 0.3) is 6.29 Å². The summed E-state index contributed by atoms with van der Waals surface area (Å²) in [5, 5.41) is 0. The molecule has 0 saturated carbocycles. The Labute approximate surface area is 46.4 Å². The van der Waals surface area contributed by atoms with Crippen molar-refractivity contribution in [2.75, 3.05) is 0 Å². The van der Waals surface area contributed by atoms with Gasteiger partial charge in [-0.1, -0.05) is 0 Å². The second kappa shape index (κ2) is 3.50. The summed E-state index contributed by atoms with van der Waals surface area (Å²) in [5.41, 5.74) is 0. The van der Waals surface area contributed by atoms with E-state index in [4.69, 9.17) is 0 Å². The molecular formula is C3H8N2O3. The summed E-state index contributed by atoms with van der Waals surface area (Å²) in [4.78, 5) is 18.1. The van der Waals surface area contributed by atoms with Crippen molar-refractivity contribution >= 4 is 5.78 Å². The van der Waals surface area contributed by atoms with Crippen LogP contribution in [0, 0.1) is 0 Å².